The van der Waals surface area contributed by atoms with Crippen LogP contribution in [0.5, 0.6) is 5.75 Å². The molecule has 5 heterocycles. The van der Waals surface area contributed by atoms with Crippen LogP contribution in [-0.4, -0.2) is 71.0 Å². The Labute approximate surface area is 229 Å². The minimum Gasteiger partial charge on any atom is -0.508 e. The zero-order valence-electron chi connectivity index (χ0n) is 21.3. The van der Waals surface area contributed by atoms with E-state index in [4.69, 9.17) is 17.3 Å². The Balaban J connectivity index is 1.40. The number of aliphatic imine (C=N–C) groups is 1. The van der Waals surface area contributed by atoms with Crippen molar-refractivity contribution in [3.8, 4) is 16.9 Å². The molecule has 0 aliphatic carbocycles. The van der Waals surface area contributed by atoms with E-state index in [1.54, 1.807) is 23.1 Å². The van der Waals surface area contributed by atoms with Gasteiger partial charge in [-0.05, 0) is 43.9 Å². The van der Waals surface area contributed by atoms with Crippen molar-refractivity contribution in [1.82, 2.24) is 24.3 Å². The van der Waals surface area contributed by atoms with Gasteiger partial charge in [-0.2, -0.15) is 10.2 Å². The molecule has 2 fully saturated rings. The number of phenolic OH excluding ortho intramolecular Hbond substituents is 1. The number of aliphatic carboxylic acids is 1. The summed E-state index contributed by atoms with van der Waals surface area (Å²) in [6, 6.07) is 7.15. The quantitative estimate of drug-likeness (QED) is 0.202. The number of hydrogen-bond donors (Lipinski definition) is 4. The number of carboxylic acids is 1. The van der Waals surface area contributed by atoms with Crippen LogP contribution in [0.25, 0.3) is 16.6 Å². The number of rotatable bonds is 7. The summed E-state index contributed by atoms with van der Waals surface area (Å²) in [6.07, 6.45) is 11.0. The SMILES string of the molecule is Cn1cc(-c2cc3c(N[C@@H]4C[C@H]5CC[C@@H](C4)N5CC(=O)O)c(/C(N)=N/c4ccc(O)cc4Cl)cnn3c2)cn1. The molecule has 0 radical (unpaired) electrons. The summed E-state index contributed by atoms with van der Waals surface area (Å²) in [5, 5.41) is 32.0. The molecule has 1 aromatic carbocycles. The number of aromatic nitrogens is 4. The predicted octanol–water partition coefficient (Wildman–Crippen LogP) is 3.62. The topological polar surface area (TPSA) is 146 Å². The number of nitrogens with zero attached hydrogens (tertiary/aromatic N) is 6. The number of carbonyl (C=O) groups is 1. The van der Waals surface area contributed by atoms with Gasteiger partial charge in [0.2, 0.25) is 0 Å². The fourth-order valence-electron chi connectivity index (χ4n) is 5.92. The van der Waals surface area contributed by atoms with E-state index in [-0.39, 0.29) is 41.3 Å². The highest BCUT2D eigenvalue weighted by atomic mass is 35.5. The number of phenols is 1. The van der Waals surface area contributed by atoms with Gasteiger partial charge in [0.05, 0.1) is 46.4 Å². The van der Waals surface area contributed by atoms with E-state index in [1.165, 1.54) is 12.1 Å². The van der Waals surface area contributed by atoms with Crippen molar-refractivity contribution in [3.05, 3.63) is 59.6 Å². The van der Waals surface area contributed by atoms with Crippen molar-refractivity contribution in [3.63, 3.8) is 0 Å². The Hall–Kier alpha value is -4.09. The number of fused-ring (bicyclic) bond motifs is 3. The van der Waals surface area contributed by atoms with Crippen molar-refractivity contribution >= 4 is 40.3 Å². The Bertz CT molecular complexity index is 1580. The molecule has 4 aromatic rings. The second-order valence-electron chi connectivity index (χ2n) is 10.3. The molecule has 3 aromatic heterocycles. The number of benzene rings is 1. The molecule has 2 aliphatic heterocycles. The molecule has 2 bridgehead atoms. The summed E-state index contributed by atoms with van der Waals surface area (Å²) in [6.45, 7) is 0.0764. The number of piperidine rings is 1. The molecule has 12 heteroatoms. The molecule has 0 spiro atoms. The van der Waals surface area contributed by atoms with Gasteiger partial charge in [-0.15, -0.1) is 0 Å². The highest BCUT2D eigenvalue weighted by Crippen LogP contribution is 2.38. The first-order valence-corrected chi connectivity index (χ1v) is 13.2. The molecule has 0 amide bonds. The van der Waals surface area contributed by atoms with E-state index >= 15 is 0 Å². The number of nitrogens with two attached hydrogens (primary N) is 1. The second-order valence-corrected chi connectivity index (χ2v) is 10.7. The van der Waals surface area contributed by atoms with Crippen molar-refractivity contribution < 1.29 is 15.0 Å². The molecule has 0 unspecified atom stereocenters. The number of hydrogen-bond acceptors (Lipinski definition) is 7. The van der Waals surface area contributed by atoms with Gasteiger partial charge in [0.15, 0.2) is 0 Å². The van der Waals surface area contributed by atoms with Crippen molar-refractivity contribution in [2.75, 3.05) is 11.9 Å². The van der Waals surface area contributed by atoms with E-state index in [0.29, 0.717) is 11.3 Å². The Morgan fingerprint density at radius 3 is 2.59 bits per heavy atom. The molecule has 5 N–H and O–H groups in total. The third-order valence-electron chi connectivity index (χ3n) is 7.67. The number of aryl methyl sites for hydroxylation is 1. The average Bonchev–Trinajstić information content (AvgIpc) is 3.56. The molecule has 2 aliphatic rings. The van der Waals surface area contributed by atoms with Crippen LogP contribution in [0, 0.1) is 0 Å². The van der Waals surface area contributed by atoms with Gasteiger partial charge in [0.1, 0.15) is 11.6 Å². The van der Waals surface area contributed by atoms with E-state index in [9.17, 15) is 15.0 Å². The minimum absolute atomic E-state index is 0.0444. The summed E-state index contributed by atoms with van der Waals surface area (Å²) in [7, 11) is 1.87. The largest absolute Gasteiger partial charge is 0.508 e. The van der Waals surface area contributed by atoms with Gasteiger partial charge in [-0.1, -0.05) is 11.6 Å². The maximum absolute atomic E-state index is 11.4. The number of nitrogens with one attached hydrogen (secondary N) is 1. The normalized spacial score (nSPS) is 21.5. The minimum atomic E-state index is -0.788. The first-order valence-electron chi connectivity index (χ1n) is 12.8. The average molecular weight is 549 g/mol. The maximum atomic E-state index is 11.4. The number of halogens is 1. The van der Waals surface area contributed by atoms with Gasteiger partial charge in [0.25, 0.3) is 0 Å². The zero-order valence-corrected chi connectivity index (χ0v) is 22.1. The Morgan fingerprint density at radius 2 is 1.92 bits per heavy atom. The lowest BCUT2D eigenvalue weighted by molar-refractivity contribution is -0.139. The molecule has 39 heavy (non-hydrogen) atoms. The first kappa shape index (κ1) is 25.2. The van der Waals surface area contributed by atoms with Gasteiger partial charge < -0.3 is 21.3 Å². The number of amidine groups is 1. The second kappa shape index (κ2) is 9.90. The highest BCUT2D eigenvalue weighted by Gasteiger charge is 2.41. The van der Waals surface area contributed by atoms with Crippen LogP contribution < -0.4 is 11.1 Å². The Morgan fingerprint density at radius 1 is 1.15 bits per heavy atom. The number of carboxylic acid groups (broad SMARTS) is 1. The summed E-state index contributed by atoms with van der Waals surface area (Å²) in [5.41, 5.74) is 11.2. The fourth-order valence-corrected chi connectivity index (χ4v) is 6.13. The summed E-state index contributed by atoms with van der Waals surface area (Å²) in [4.78, 5) is 18.1. The molecular weight excluding hydrogens is 520 g/mol. The lowest BCUT2D eigenvalue weighted by Gasteiger charge is -2.38. The van der Waals surface area contributed by atoms with Crippen LogP contribution in [0.2, 0.25) is 5.02 Å². The number of aromatic hydroxyl groups is 1. The molecule has 0 saturated carbocycles. The van der Waals surface area contributed by atoms with E-state index in [2.05, 4.69) is 25.4 Å². The van der Waals surface area contributed by atoms with E-state index < -0.39 is 5.97 Å². The number of anilines is 1. The Kier molecular flexibility index (Phi) is 6.40. The first-order chi connectivity index (χ1) is 18.7. The highest BCUT2D eigenvalue weighted by molar-refractivity contribution is 6.33. The molecule has 6 rings (SSSR count). The van der Waals surface area contributed by atoms with Crippen molar-refractivity contribution in [2.45, 2.75) is 43.8 Å². The standard InChI is InChI=1S/C27H29ClN8O3/c1-34-12-16(10-30-34)15-6-24-26(32-17-7-18-2-3-19(8-17)35(18)14-25(38)39)21(11-31-36(24)13-15)27(29)33-23-5-4-20(37)9-22(23)28/h4-6,9-13,17-19,32,37H,2-3,7-8,14H2,1H3,(H2,29,33)(H,38,39)/t17-,18-,19+. The third kappa shape index (κ3) is 4.90. The molecular formula is C27H29ClN8O3. The van der Waals surface area contributed by atoms with Crippen LogP contribution in [0.15, 0.2) is 54.0 Å². The third-order valence-corrected chi connectivity index (χ3v) is 7.98. The zero-order chi connectivity index (χ0) is 27.3. The maximum Gasteiger partial charge on any atom is 0.317 e. The lowest BCUT2D eigenvalue weighted by Crippen LogP contribution is -2.48. The van der Waals surface area contributed by atoms with Crippen LogP contribution in [-0.2, 0) is 11.8 Å². The lowest BCUT2D eigenvalue weighted by atomic mass is 9.96. The molecule has 202 valence electrons. The van der Waals surface area contributed by atoms with Crippen LogP contribution in [0.3, 0.4) is 0 Å². The molecule has 2 saturated heterocycles. The van der Waals surface area contributed by atoms with Crippen LogP contribution >= 0.6 is 11.6 Å². The van der Waals surface area contributed by atoms with Gasteiger partial charge in [-0.25, -0.2) is 9.51 Å². The predicted molar refractivity (Wildman–Crippen MR) is 149 cm³/mol. The monoisotopic (exact) mass is 548 g/mol. The molecule has 11 nitrogen and oxygen atoms in total. The van der Waals surface area contributed by atoms with Crippen LogP contribution in [0.1, 0.15) is 31.2 Å². The van der Waals surface area contributed by atoms with E-state index in [1.807, 2.05) is 30.0 Å². The van der Waals surface area contributed by atoms with Gasteiger partial charge >= 0.3 is 5.97 Å². The van der Waals surface area contributed by atoms with Crippen LogP contribution in [0.4, 0.5) is 11.4 Å². The summed E-state index contributed by atoms with van der Waals surface area (Å²) in [5.74, 6) is -0.511. The molecule has 3 atom stereocenters. The van der Waals surface area contributed by atoms with Gasteiger partial charge in [0, 0.05) is 54.8 Å². The van der Waals surface area contributed by atoms with Crippen molar-refractivity contribution in [1.29, 1.82) is 0 Å². The van der Waals surface area contributed by atoms with E-state index in [0.717, 1.165) is 48.0 Å². The summed E-state index contributed by atoms with van der Waals surface area (Å²) >= 11 is 6.30. The smallest absolute Gasteiger partial charge is 0.317 e. The summed E-state index contributed by atoms with van der Waals surface area (Å²) < 4.78 is 3.56. The van der Waals surface area contributed by atoms with Crippen molar-refractivity contribution in [2.24, 2.45) is 17.8 Å². The fraction of sp³-hybridized carbons (Fsp3) is 0.333. The van der Waals surface area contributed by atoms with Gasteiger partial charge in [-0.3, -0.25) is 14.4 Å².